The Bertz CT molecular complexity index is 743. The van der Waals surface area contributed by atoms with E-state index < -0.39 is 11.7 Å². The van der Waals surface area contributed by atoms with Crippen molar-refractivity contribution in [3.63, 3.8) is 0 Å². The highest BCUT2D eigenvalue weighted by Crippen LogP contribution is 2.62. The van der Waals surface area contributed by atoms with Crippen LogP contribution in [0.15, 0.2) is 12.1 Å². The normalized spacial score (nSPS) is 37.8. The Labute approximate surface area is 154 Å². The van der Waals surface area contributed by atoms with Crippen LogP contribution in [0.3, 0.4) is 0 Å². The highest BCUT2D eigenvalue weighted by molar-refractivity contribution is 5.93. The maximum absolute atomic E-state index is 14.3. The van der Waals surface area contributed by atoms with Crippen LogP contribution in [0.4, 0.5) is 4.39 Å². The van der Waals surface area contributed by atoms with Gasteiger partial charge in [0.2, 0.25) is 0 Å². The van der Waals surface area contributed by atoms with Gasteiger partial charge in [0.1, 0.15) is 11.6 Å². The molecule has 3 unspecified atom stereocenters. The minimum Gasteiger partial charge on any atom is -0.493 e. The van der Waals surface area contributed by atoms with E-state index in [0.29, 0.717) is 24.2 Å². The zero-order valence-corrected chi connectivity index (χ0v) is 15.5. The first-order valence-electron chi connectivity index (χ1n) is 10.2. The first kappa shape index (κ1) is 16.6. The Morgan fingerprint density at radius 1 is 1.23 bits per heavy atom. The Kier molecular flexibility index (Phi) is 3.64. The van der Waals surface area contributed by atoms with E-state index in [1.165, 1.54) is 38.2 Å². The molecule has 1 aromatic rings. The summed E-state index contributed by atoms with van der Waals surface area (Å²) >= 11 is 0. The number of benzene rings is 1. The van der Waals surface area contributed by atoms with E-state index in [-0.39, 0.29) is 11.0 Å². The summed E-state index contributed by atoms with van der Waals surface area (Å²) in [5.74, 6) is 3.03. The van der Waals surface area contributed by atoms with Gasteiger partial charge in [-0.1, -0.05) is 6.92 Å². The van der Waals surface area contributed by atoms with Crippen molar-refractivity contribution < 1.29 is 13.9 Å². The molecule has 0 radical (unpaired) electrons. The molecular weight excluding hydrogens is 329 g/mol. The predicted molar refractivity (Wildman–Crippen MR) is 97.5 cm³/mol. The molecule has 2 N–H and O–H groups in total. The van der Waals surface area contributed by atoms with E-state index >= 15 is 0 Å². The van der Waals surface area contributed by atoms with Crippen LogP contribution in [-0.2, 0) is 0 Å². The molecule has 5 aliphatic rings. The third-order valence-electron chi connectivity index (χ3n) is 7.90. The zero-order valence-electron chi connectivity index (χ0n) is 15.5. The van der Waals surface area contributed by atoms with Crippen molar-refractivity contribution >= 4 is 5.91 Å². The molecule has 3 nitrogen and oxygen atoms in total. The van der Waals surface area contributed by atoms with Crippen molar-refractivity contribution in [3.05, 3.63) is 29.1 Å². The zero-order chi connectivity index (χ0) is 18.1. The lowest BCUT2D eigenvalue weighted by Crippen LogP contribution is -2.54. The van der Waals surface area contributed by atoms with Crippen LogP contribution in [0.25, 0.3) is 0 Å². The Balaban J connectivity index is 1.42. The van der Waals surface area contributed by atoms with Crippen LogP contribution in [0.1, 0.15) is 73.7 Å². The number of nitrogens with two attached hydrogens (primary N) is 1. The molecule has 5 fully saturated rings. The van der Waals surface area contributed by atoms with Gasteiger partial charge >= 0.3 is 0 Å². The van der Waals surface area contributed by atoms with Gasteiger partial charge in [-0.25, -0.2) is 4.39 Å². The number of amides is 1. The fourth-order valence-corrected chi connectivity index (χ4v) is 6.53. The van der Waals surface area contributed by atoms with Gasteiger partial charge in [0.25, 0.3) is 5.91 Å². The summed E-state index contributed by atoms with van der Waals surface area (Å²) in [6.07, 6.45) is 8.88. The van der Waals surface area contributed by atoms with Crippen molar-refractivity contribution in [1.82, 2.24) is 0 Å². The highest BCUT2D eigenvalue weighted by Gasteiger charge is 2.55. The van der Waals surface area contributed by atoms with Gasteiger partial charge in [-0.15, -0.1) is 0 Å². The SMILES string of the molecule is CC1C2CC3CC(C2)CC1(COc1cc(F)c(C(N)=O)cc1C1CC1)C3. The predicted octanol–water partition coefficient (Wildman–Crippen LogP) is 4.64. The first-order valence-corrected chi connectivity index (χ1v) is 10.2. The molecule has 140 valence electrons. The van der Waals surface area contributed by atoms with E-state index in [9.17, 15) is 9.18 Å². The van der Waals surface area contributed by atoms with Crippen molar-refractivity contribution in [3.8, 4) is 5.75 Å². The van der Waals surface area contributed by atoms with E-state index in [2.05, 4.69) is 6.92 Å². The molecule has 0 saturated heterocycles. The summed E-state index contributed by atoms with van der Waals surface area (Å²) in [6.45, 7) is 3.09. The van der Waals surface area contributed by atoms with Gasteiger partial charge in [-0.05, 0) is 86.2 Å². The number of carbonyl (C=O) groups is 1. The topological polar surface area (TPSA) is 52.3 Å². The van der Waals surface area contributed by atoms with Crippen molar-refractivity contribution in [2.24, 2.45) is 34.8 Å². The number of rotatable bonds is 5. The van der Waals surface area contributed by atoms with Gasteiger partial charge in [0, 0.05) is 11.5 Å². The van der Waals surface area contributed by atoms with Gasteiger partial charge in [-0.3, -0.25) is 4.79 Å². The molecule has 0 heterocycles. The standard InChI is InChI=1S/C22H28FNO2/c1-12-16-5-13-4-14(6-16)10-22(12,9-13)11-26-20-8-19(23)18(21(24)25)7-17(20)15-2-3-15/h7-8,12-16H,2-6,9-11H2,1H3,(H2,24,25). The first-order chi connectivity index (χ1) is 12.4. The number of carbonyl (C=O) groups excluding carboxylic acids is 1. The number of primary amides is 1. The molecule has 4 bridgehead atoms. The quantitative estimate of drug-likeness (QED) is 0.834. The number of halogens is 1. The highest BCUT2D eigenvalue weighted by atomic mass is 19.1. The summed E-state index contributed by atoms with van der Waals surface area (Å²) in [5, 5.41) is 0. The number of hydrogen-bond donors (Lipinski definition) is 1. The minimum absolute atomic E-state index is 0.0116. The van der Waals surface area contributed by atoms with Gasteiger partial charge < -0.3 is 10.5 Å². The van der Waals surface area contributed by atoms with Gasteiger partial charge in [0.05, 0.1) is 12.2 Å². The Hall–Kier alpha value is -1.58. The van der Waals surface area contributed by atoms with E-state index in [1.54, 1.807) is 6.07 Å². The van der Waals surface area contributed by atoms with Crippen molar-refractivity contribution in [1.29, 1.82) is 0 Å². The van der Waals surface area contributed by atoms with E-state index in [1.807, 2.05) is 0 Å². The van der Waals surface area contributed by atoms with Crippen molar-refractivity contribution in [2.75, 3.05) is 6.61 Å². The van der Waals surface area contributed by atoms with Crippen LogP contribution in [-0.4, -0.2) is 12.5 Å². The molecule has 1 aromatic carbocycles. The second-order valence-corrected chi connectivity index (χ2v) is 9.56. The summed E-state index contributed by atoms with van der Waals surface area (Å²) in [5.41, 5.74) is 6.55. The molecule has 6 rings (SSSR count). The van der Waals surface area contributed by atoms with E-state index in [4.69, 9.17) is 10.5 Å². The average molecular weight is 357 g/mol. The average Bonchev–Trinajstić information content (AvgIpc) is 3.42. The lowest BCUT2D eigenvalue weighted by molar-refractivity contribution is -0.120. The van der Waals surface area contributed by atoms with Crippen LogP contribution in [0.2, 0.25) is 0 Å². The molecule has 0 spiro atoms. The molecule has 5 saturated carbocycles. The van der Waals surface area contributed by atoms with Crippen LogP contribution >= 0.6 is 0 Å². The van der Waals surface area contributed by atoms with Gasteiger partial charge in [-0.2, -0.15) is 0 Å². The third kappa shape index (κ3) is 2.56. The summed E-state index contributed by atoms with van der Waals surface area (Å²) in [4.78, 5) is 11.5. The maximum Gasteiger partial charge on any atom is 0.251 e. The molecule has 3 atom stereocenters. The van der Waals surface area contributed by atoms with Crippen LogP contribution in [0, 0.1) is 34.9 Å². The molecule has 0 aliphatic heterocycles. The third-order valence-corrected chi connectivity index (χ3v) is 7.90. The minimum atomic E-state index is -0.703. The molecule has 0 aromatic heterocycles. The fraction of sp³-hybridized carbons (Fsp3) is 0.682. The summed E-state index contributed by atoms with van der Waals surface area (Å²) in [7, 11) is 0. The molecule has 26 heavy (non-hydrogen) atoms. The second-order valence-electron chi connectivity index (χ2n) is 9.56. The molecule has 1 amide bonds. The maximum atomic E-state index is 14.3. The Morgan fingerprint density at radius 2 is 1.92 bits per heavy atom. The second kappa shape index (κ2) is 5.71. The summed E-state index contributed by atoms with van der Waals surface area (Å²) in [6, 6.07) is 3.03. The lowest BCUT2D eigenvalue weighted by Gasteiger charge is -2.60. The monoisotopic (exact) mass is 357 g/mol. The van der Waals surface area contributed by atoms with Crippen LogP contribution < -0.4 is 10.5 Å². The molecular formula is C22H28FNO2. The number of hydrogen-bond acceptors (Lipinski definition) is 2. The van der Waals surface area contributed by atoms with Crippen LogP contribution in [0.5, 0.6) is 5.75 Å². The fourth-order valence-electron chi connectivity index (χ4n) is 6.53. The van der Waals surface area contributed by atoms with Gasteiger partial charge in [0.15, 0.2) is 0 Å². The largest absolute Gasteiger partial charge is 0.493 e. The summed E-state index contributed by atoms with van der Waals surface area (Å²) < 4.78 is 20.7. The molecule has 5 aliphatic carbocycles. The smallest absolute Gasteiger partial charge is 0.251 e. The number of ether oxygens (including phenoxy) is 1. The lowest BCUT2D eigenvalue weighted by atomic mass is 9.46. The van der Waals surface area contributed by atoms with Crippen molar-refractivity contribution in [2.45, 2.75) is 57.8 Å². The Morgan fingerprint density at radius 3 is 2.54 bits per heavy atom. The van der Waals surface area contributed by atoms with E-state index in [0.717, 1.165) is 36.2 Å². The molecule has 4 heteroatoms.